The molecule has 41 heavy (non-hydrogen) atoms. The van der Waals surface area contributed by atoms with E-state index < -0.39 is 0 Å². The lowest BCUT2D eigenvalue weighted by Gasteiger charge is -2.12. The third-order valence-electron chi connectivity index (χ3n) is 7.89. The molecule has 0 saturated heterocycles. The number of hydrogen-bond acceptors (Lipinski definition) is 2. The zero-order valence-corrected chi connectivity index (χ0v) is 22.3. The minimum absolute atomic E-state index is 0.956. The van der Waals surface area contributed by atoms with Crippen LogP contribution in [0, 0.1) is 0 Å². The van der Waals surface area contributed by atoms with Crippen LogP contribution in [-0.4, -0.2) is 14.5 Å². The summed E-state index contributed by atoms with van der Waals surface area (Å²) < 4.78 is 2.36. The first-order valence-electron chi connectivity index (χ1n) is 13.8. The number of aromatic nitrogens is 3. The maximum absolute atomic E-state index is 4.85. The summed E-state index contributed by atoms with van der Waals surface area (Å²) >= 11 is 0. The van der Waals surface area contributed by atoms with Gasteiger partial charge in [0, 0.05) is 50.9 Å². The summed E-state index contributed by atoms with van der Waals surface area (Å²) in [7, 11) is 0. The van der Waals surface area contributed by atoms with Crippen LogP contribution >= 0.6 is 0 Å². The van der Waals surface area contributed by atoms with Crippen molar-refractivity contribution in [3.05, 3.63) is 152 Å². The van der Waals surface area contributed by atoms with Crippen LogP contribution in [0.15, 0.2) is 152 Å². The van der Waals surface area contributed by atoms with Gasteiger partial charge in [0.05, 0.1) is 22.4 Å². The summed E-state index contributed by atoms with van der Waals surface area (Å²) in [5.74, 6) is 0. The topological polar surface area (TPSA) is 30.7 Å². The van der Waals surface area contributed by atoms with Gasteiger partial charge in [0.25, 0.3) is 0 Å². The number of nitrogens with zero attached hydrogens (tertiary/aromatic N) is 3. The molecule has 0 aliphatic rings. The fourth-order valence-corrected chi connectivity index (χ4v) is 5.92. The van der Waals surface area contributed by atoms with E-state index in [1.807, 2.05) is 18.5 Å². The van der Waals surface area contributed by atoms with E-state index in [4.69, 9.17) is 9.97 Å². The Morgan fingerprint density at radius 1 is 0.439 bits per heavy atom. The van der Waals surface area contributed by atoms with Crippen molar-refractivity contribution in [3.63, 3.8) is 0 Å². The highest BCUT2D eigenvalue weighted by molar-refractivity contribution is 6.10. The van der Waals surface area contributed by atoms with E-state index in [2.05, 4.69) is 138 Å². The average molecular weight is 524 g/mol. The van der Waals surface area contributed by atoms with Crippen molar-refractivity contribution >= 4 is 32.6 Å². The predicted octanol–water partition coefficient (Wildman–Crippen LogP) is 9.73. The zero-order valence-electron chi connectivity index (χ0n) is 22.3. The SMILES string of the molecule is c1ccc(-c2ccc(-c3ccc4c5ccccc5n(-c5cccc(-c6nccc7ccccc67)c5)c4c3)nc2)cc1. The van der Waals surface area contributed by atoms with Crippen LogP contribution < -0.4 is 0 Å². The maximum Gasteiger partial charge on any atom is 0.0781 e. The second-order valence-electron chi connectivity index (χ2n) is 10.3. The third-order valence-corrected chi connectivity index (χ3v) is 7.89. The minimum Gasteiger partial charge on any atom is -0.309 e. The molecule has 3 nitrogen and oxygen atoms in total. The summed E-state index contributed by atoms with van der Waals surface area (Å²) in [6.07, 6.45) is 3.86. The number of hydrogen-bond donors (Lipinski definition) is 0. The number of pyridine rings is 2. The van der Waals surface area contributed by atoms with Gasteiger partial charge in [-0.2, -0.15) is 0 Å². The second-order valence-corrected chi connectivity index (χ2v) is 10.3. The van der Waals surface area contributed by atoms with Crippen molar-refractivity contribution in [2.24, 2.45) is 0 Å². The molecule has 0 saturated carbocycles. The summed E-state index contributed by atoms with van der Waals surface area (Å²) in [5, 5.41) is 4.80. The molecule has 0 aliphatic heterocycles. The van der Waals surface area contributed by atoms with Gasteiger partial charge in [-0.1, -0.05) is 103 Å². The first-order chi connectivity index (χ1) is 20.3. The molecule has 192 valence electrons. The quantitative estimate of drug-likeness (QED) is 0.230. The van der Waals surface area contributed by atoms with Crippen LogP contribution in [0.25, 0.3) is 71.9 Å². The average Bonchev–Trinajstić information content (AvgIpc) is 3.39. The van der Waals surface area contributed by atoms with E-state index in [9.17, 15) is 0 Å². The van der Waals surface area contributed by atoms with Gasteiger partial charge in [-0.05, 0) is 47.3 Å². The molecule has 0 atom stereocenters. The first kappa shape index (κ1) is 23.4. The molecule has 0 N–H and O–H groups in total. The van der Waals surface area contributed by atoms with Crippen LogP contribution in [0.4, 0.5) is 0 Å². The molecule has 0 bridgehead atoms. The Kier molecular flexibility index (Phi) is 5.46. The van der Waals surface area contributed by atoms with E-state index in [0.717, 1.165) is 44.7 Å². The highest BCUT2D eigenvalue weighted by Gasteiger charge is 2.15. The summed E-state index contributed by atoms with van der Waals surface area (Å²) in [6, 6.07) is 49.1. The Morgan fingerprint density at radius 2 is 1.20 bits per heavy atom. The van der Waals surface area contributed by atoms with E-state index in [-0.39, 0.29) is 0 Å². The Labute approximate surface area is 238 Å². The normalized spacial score (nSPS) is 11.4. The standard InChI is InChI=1S/C38H25N3/c1-2-9-26(10-3-1)30-18-20-35(40-25-30)28-17-19-34-33-15-6-7-16-36(33)41(37(34)24-28)31-13-8-12-29(23-31)38-32-14-5-4-11-27(32)21-22-39-38/h1-25H. The molecular formula is C38H25N3. The predicted molar refractivity (Wildman–Crippen MR) is 170 cm³/mol. The summed E-state index contributed by atoms with van der Waals surface area (Å²) in [5.41, 5.74) is 9.86. The van der Waals surface area contributed by atoms with Crippen molar-refractivity contribution in [1.29, 1.82) is 0 Å². The van der Waals surface area contributed by atoms with Gasteiger partial charge in [-0.15, -0.1) is 0 Å². The van der Waals surface area contributed by atoms with Crippen LogP contribution in [0.1, 0.15) is 0 Å². The van der Waals surface area contributed by atoms with Crippen LogP contribution in [0.3, 0.4) is 0 Å². The van der Waals surface area contributed by atoms with Gasteiger partial charge >= 0.3 is 0 Å². The lowest BCUT2D eigenvalue weighted by atomic mass is 10.0. The minimum atomic E-state index is 0.956. The molecule has 3 heteroatoms. The Balaban J connectivity index is 1.29. The smallest absolute Gasteiger partial charge is 0.0781 e. The van der Waals surface area contributed by atoms with Crippen LogP contribution in [0.2, 0.25) is 0 Å². The fourth-order valence-electron chi connectivity index (χ4n) is 5.92. The van der Waals surface area contributed by atoms with Crippen molar-refractivity contribution in [3.8, 4) is 39.3 Å². The largest absolute Gasteiger partial charge is 0.309 e. The van der Waals surface area contributed by atoms with Gasteiger partial charge in [0.2, 0.25) is 0 Å². The van der Waals surface area contributed by atoms with Crippen molar-refractivity contribution in [1.82, 2.24) is 14.5 Å². The van der Waals surface area contributed by atoms with Gasteiger partial charge in [-0.3, -0.25) is 9.97 Å². The van der Waals surface area contributed by atoms with Gasteiger partial charge in [0.15, 0.2) is 0 Å². The second kappa shape index (κ2) is 9.58. The lowest BCUT2D eigenvalue weighted by Crippen LogP contribution is -1.95. The third kappa shape index (κ3) is 3.98. The molecule has 8 rings (SSSR count). The Bertz CT molecular complexity index is 2190. The molecule has 0 aliphatic carbocycles. The van der Waals surface area contributed by atoms with Crippen molar-refractivity contribution < 1.29 is 0 Å². The molecule has 0 radical (unpaired) electrons. The number of fused-ring (bicyclic) bond motifs is 4. The molecular weight excluding hydrogens is 498 g/mol. The first-order valence-corrected chi connectivity index (χ1v) is 13.8. The molecule has 3 aromatic heterocycles. The number of para-hydroxylation sites is 1. The Morgan fingerprint density at radius 3 is 2.07 bits per heavy atom. The van der Waals surface area contributed by atoms with Gasteiger partial charge in [0.1, 0.15) is 0 Å². The van der Waals surface area contributed by atoms with E-state index in [1.165, 1.54) is 27.2 Å². The lowest BCUT2D eigenvalue weighted by molar-refractivity contribution is 1.18. The molecule has 3 heterocycles. The highest BCUT2D eigenvalue weighted by atomic mass is 15.0. The molecule has 8 aromatic rings. The molecule has 5 aromatic carbocycles. The fraction of sp³-hybridized carbons (Fsp3) is 0. The van der Waals surface area contributed by atoms with Gasteiger partial charge < -0.3 is 4.57 Å². The Hall–Kier alpha value is -5.54. The van der Waals surface area contributed by atoms with E-state index in [0.29, 0.717) is 0 Å². The van der Waals surface area contributed by atoms with Gasteiger partial charge in [-0.25, -0.2) is 0 Å². The summed E-state index contributed by atoms with van der Waals surface area (Å²) in [6.45, 7) is 0. The molecule has 0 amide bonds. The van der Waals surface area contributed by atoms with Crippen LogP contribution in [-0.2, 0) is 0 Å². The molecule has 0 unspecified atom stereocenters. The van der Waals surface area contributed by atoms with E-state index >= 15 is 0 Å². The number of benzene rings is 5. The monoisotopic (exact) mass is 523 g/mol. The highest BCUT2D eigenvalue weighted by Crippen LogP contribution is 2.36. The van der Waals surface area contributed by atoms with Crippen molar-refractivity contribution in [2.45, 2.75) is 0 Å². The zero-order chi connectivity index (χ0) is 27.2. The van der Waals surface area contributed by atoms with E-state index in [1.54, 1.807) is 0 Å². The van der Waals surface area contributed by atoms with Crippen LogP contribution in [0.5, 0.6) is 0 Å². The molecule has 0 spiro atoms. The van der Waals surface area contributed by atoms with Crippen molar-refractivity contribution in [2.75, 3.05) is 0 Å². The molecule has 0 fully saturated rings. The number of rotatable bonds is 4. The maximum atomic E-state index is 4.85. The summed E-state index contributed by atoms with van der Waals surface area (Å²) in [4.78, 5) is 9.64.